The van der Waals surface area contributed by atoms with E-state index < -0.39 is 0 Å². The predicted molar refractivity (Wildman–Crippen MR) is 76.0 cm³/mol. The lowest BCUT2D eigenvalue weighted by molar-refractivity contribution is 0.250. The lowest BCUT2D eigenvalue weighted by Crippen LogP contribution is -2.09. The molecular formula is C15H21BrO. The van der Waals surface area contributed by atoms with Crippen molar-refractivity contribution in [1.29, 1.82) is 0 Å². The van der Waals surface area contributed by atoms with Crippen LogP contribution in [0.15, 0.2) is 12.1 Å². The minimum Gasteiger partial charge on any atom is -0.493 e. The number of hydrogen-bond acceptors (Lipinski definition) is 1. The van der Waals surface area contributed by atoms with Gasteiger partial charge in [-0.1, -0.05) is 34.8 Å². The van der Waals surface area contributed by atoms with Gasteiger partial charge in [-0.05, 0) is 49.8 Å². The van der Waals surface area contributed by atoms with E-state index in [2.05, 4.69) is 41.9 Å². The van der Waals surface area contributed by atoms with Crippen LogP contribution in [0, 0.1) is 19.8 Å². The van der Waals surface area contributed by atoms with E-state index in [0.29, 0.717) is 0 Å². The molecule has 1 nitrogen and oxygen atoms in total. The molecule has 0 aromatic heterocycles. The number of alkyl halides is 1. The summed E-state index contributed by atoms with van der Waals surface area (Å²) in [5.41, 5.74) is 3.91. The molecule has 0 heterocycles. The fraction of sp³-hybridized carbons (Fsp3) is 0.600. The zero-order valence-corrected chi connectivity index (χ0v) is 12.3. The number of halogens is 1. The van der Waals surface area contributed by atoms with E-state index in [-0.39, 0.29) is 0 Å². The van der Waals surface area contributed by atoms with Gasteiger partial charge in [0.15, 0.2) is 0 Å². The summed E-state index contributed by atoms with van der Waals surface area (Å²) >= 11 is 3.56. The highest BCUT2D eigenvalue weighted by Gasteiger charge is 2.16. The van der Waals surface area contributed by atoms with Gasteiger partial charge in [0.1, 0.15) is 5.75 Å². The average molecular weight is 297 g/mol. The molecular weight excluding hydrogens is 276 g/mol. The van der Waals surface area contributed by atoms with Crippen LogP contribution < -0.4 is 4.74 Å². The zero-order valence-electron chi connectivity index (χ0n) is 10.8. The molecule has 0 N–H and O–H groups in total. The van der Waals surface area contributed by atoms with Gasteiger partial charge in [-0.2, -0.15) is 0 Å². The minimum absolute atomic E-state index is 0.777. The summed E-state index contributed by atoms with van der Waals surface area (Å²) in [7, 11) is 0. The second-order valence-electron chi connectivity index (χ2n) is 5.15. The Labute approximate surface area is 113 Å². The van der Waals surface area contributed by atoms with Crippen LogP contribution in [0.2, 0.25) is 0 Å². The van der Waals surface area contributed by atoms with Crippen LogP contribution in [-0.2, 0) is 5.33 Å². The van der Waals surface area contributed by atoms with Crippen LogP contribution in [-0.4, -0.2) is 6.61 Å². The first-order valence-corrected chi connectivity index (χ1v) is 7.61. The second kappa shape index (κ2) is 5.90. The van der Waals surface area contributed by atoms with Gasteiger partial charge in [0.05, 0.1) is 6.61 Å². The zero-order chi connectivity index (χ0) is 12.3. The Morgan fingerprint density at radius 1 is 1.24 bits per heavy atom. The second-order valence-corrected chi connectivity index (χ2v) is 5.71. The largest absolute Gasteiger partial charge is 0.493 e. The van der Waals surface area contributed by atoms with Gasteiger partial charge in [0.2, 0.25) is 0 Å². The fourth-order valence-corrected chi connectivity index (χ4v) is 3.36. The van der Waals surface area contributed by atoms with E-state index in [1.54, 1.807) is 0 Å². The molecule has 1 aromatic rings. The number of hydrogen-bond donors (Lipinski definition) is 0. The van der Waals surface area contributed by atoms with Crippen molar-refractivity contribution in [2.75, 3.05) is 6.61 Å². The van der Waals surface area contributed by atoms with Gasteiger partial charge in [0, 0.05) is 10.9 Å². The Morgan fingerprint density at radius 2 is 1.94 bits per heavy atom. The summed E-state index contributed by atoms with van der Waals surface area (Å²) in [5.74, 6) is 1.85. The molecule has 0 atom stereocenters. The van der Waals surface area contributed by atoms with Crippen LogP contribution in [0.4, 0.5) is 0 Å². The van der Waals surface area contributed by atoms with Crippen molar-refractivity contribution >= 4 is 15.9 Å². The topological polar surface area (TPSA) is 9.23 Å². The Kier molecular flexibility index (Phi) is 4.49. The van der Waals surface area contributed by atoms with Gasteiger partial charge >= 0.3 is 0 Å². The van der Waals surface area contributed by atoms with Crippen LogP contribution >= 0.6 is 15.9 Å². The quantitative estimate of drug-likeness (QED) is 0.728. The molecule has 2 heteroatoms. The third-order valence-corrected chi connectivity index (χ3v) is 4.22. The number of aryl methyl sites for hydroxylation is 2. The normalized spacial score (nSPS) is 16.4. The first kappa shape index (κ1) is 12.9. The Morgan fingerprint density at radius 3 is 2.59 bits per heavy atom. The maximum Gasteiger partial charge on any atom is 0.123 e. The molecule has 1 saturated carbocycles. The van der Waals surface area contributed by atoms with Crippen LogP contribution in [0.3, 0.4) is 0 Å². The number of benzene rings is 1. The van der Waals surface area contributed by atoms with Crippen molar-refractivity contribution in [1.82, 2.24) is 0 Å². The van der Waals surface area contributed by atoms with E-state index in [0.717, 1.165) is 23.6 Å². The summed E-state index contributed by atoms with van der Waals surface area (Å²) in [6, 6.07) is 4.39. The number of ether oxygens (including phenoxy) is 1. The maximum absolute atomic E-state index is 6.04. The van der Waals surface area contributed by atoms with Gasteiger partial charge in [-0.25, -0.2) is 0 Å². The van der Waals surface area contributed by atoms with Crippen molar-refractivity contribution in [3.8, 4) is 5.75 Å². The molecule has 1 aliphatic rings. The first-order chi connectivity index (χ1) is 8.20. The van der Waals surface area contributed by atoms with E-state index in [1.165, 1.54) is 42.4 Å². The number of rotatable bonds is 4. The summed E-state index contributed by atoms with van der Waals surface area (Å²) in [5, 5.41) is 0.874. The van der Waals surface area contributed by atoms with Crippen molar-refractivity contribution in [3.05, 3.63) is 28.8 Å². The fourth-order valence-electron chi connectivity index (χ4n) is 2.64. The Balaban J connectivity index is 2.07. The van der Waals surface area contributed by atoms with E-state index in [4.69, 9.17) is 4.74 Å². The van der Waals surface area contributed by atoms with Crippen molar-refractivity contribution in [2.24, 2.45) is 5.92 Å². The highest BCUT2D eigenvalue weighted by atomic mass is 79.9. The molecule has 1 fully saturated rings. The molecule has 1 aromatic carbocycles. The van der Waals surface area contributed by atoms with Crippen LogP contribution in [0.25, 0.3) is 0 Å². The molecule has 0 radical (unpaired) electrons. The van der Waals surface area contributed by atoms with Crippen molar-refractivity contribution < 1.29 is 4.74 Å². The van der Waals surface area contributed by atoms with Crippen molar-refractivity contribution in [3.63, 3.8) is 0 Å². The highest BCUT2D eigenvalue weighted by Crippen LogP contribution is 2.29. The third-order valence-electron chi connectivity index (χ3n) is 3.66. The van der Waals surface area contributed by atoms with Crippen LogP contribution in [0.1, 0.15) is 42.4 Å². The monoisotopic (exact) mass is 296 g/mol. The van der Waals surface area contributed by atoms with Crippen LogP contribution in [0.5, 0.6) is 5.75 Å². The Hall–Kier alpha value is -0.500. The molecule has 17 heavy (non-hydrogen) atoms. The lowest BCUT2D eigenvalue weighted by Gasteiger charge is -2.16. The lowest BCUT2D eigenvalue weighted by atomic mass is 10.1. The molecule has 0 amide bonds. The minimum atomic E-state index is 0.777. The predicted octanol–water partition coefficient (Wildman–Crippen LogP) is 4.77. The average Bonchev–Trinajstić information content (AvgIpc) is 2.78. The first-order valence-electron chi connectivity index (χ1n) is 6.49. The van der Waals surface area contributed by atoms with Crippen molar-refractivity contribution in [2.45, 2.75) is 44.9 Å². The van der Waals surface area contributed by atoms with Gasteiger partial charge in [-0.3, -0.25) is 0 Å². The van der Waals surface area contributed by atoms with Gasteiger partial charge < -0.3 is 4.74 Å². The van der Waals surface area contributed by atoms with E-state index in [9.17, 15) is 0 Å². The summed E-state index contributed by atoms with van der Waals surface area (Å²) in [6.07, 6.45) is 5.45. The van der Waals surface area contributed by atoms with Gasteiger partial charge in [-0.15, -0.1) is 0 Å². The summed E-state index contributed by atoms with van der Waals surface area (Å²) in [6.45, 7) is 5.18. The maximum atomic E-state index is 6.04. The summed E-state index contributed by atoms with van der Waals surface area (Å²) in [4.78, 5) is 0. The molecule has 2 rings (SSSR count). The smallest absolute Gasteiger partial charge is 0.123 e. The van der Waals surface area contributed by atoms with E-state index >= 15 is 0 Å². The standard InChI is InChI=1S/C15H21BrO/c1-11-7-12(2)14(9-16)15(8-11)17-10-13-5-3-4-6-13/h7-8,13H,3-6,9-10H2,1-2H3. The molecule has 1 aliphatic carbocycles. The molecule has 0 unspecified atom stereocenters. The highest BCUT2D eigenvalue weighted by molar-refractivity contribution is 9.08. The SMILES string of the molecule is Cc1cc(C)c(CBr)c(OCC2CCCC2)c1. The third kappa shape index (κ3) is 3.25. The Bertz CT molecular complexity index is 381. The van der Waals surface area contributed by atoms with Gasteiger partial charge in [0.25, 0.3) is 0 Å². The van der Waals surface area contributed by atoms with E-state index in [1.807, 2.05) is 0 Å². The molecule has 94 valence electrons. The summed E-state index contributed by atoms with van der Waals surface area (Å²) < 4.78 is 6.04. The molecule has 0 saturated heterocycles. The molecule has 0 spiro atoms. The molecule has 0 aliphatic heterocycles. The molecule has 0 bridgehead atoms.